The highest BCUT2D eigenvalue weighted by Gasteiger charge is 2.43. The zero-order valence-corrected chi connectivity index (χ0v) is 15.7. The molecular weight excluding hydrogens is 336 g/mol. The Morgan fingerprint density at radius 3 is 2.67 bits per heavy atom. The molecule has 1 aliphatic rings. The van der Waals surface area contributed by atoms with E-state index in [2.05, 4.69) is 56.2 Å². The number of aliphatic imine (C=N–C) groups is 1. The van der Waals surface area contributed by atoms with Crippen LogP contribution in [-0.4, -0.2) is 40.7 Å². The summed E-state index contributed by atoms with van der Waals surface area (Å²) in [5.74, 6) is 1.86. The molecule has 1 aliphatic carbocycles. The van der Waals surface area contributed by atoms with Crippen LogP contribution in [-0.2, 0) is 11.8 Å². The maximum atomic E-state index is 4.36. The minimum absolute atomic E-state index is 0.277. The zero-order valence-electron chi connectivity index (χ0n) is 15.7. The minimum atomic E-state index is 0.277. The Labute approximate surface area is 159 Å². The van der Waals surface area contributed by atoms with Crippen LogP contribution in [0.2, 0.25) is 0 Å². The average Bonchev–Trinajstić information content (AvgIpc) is 3.41. The average molecular weight is 362 g/mol. The fourth-order valence-electron chi connectivity index (χ4n) is 3.50. The van der Waals surface area contributed by atoms with Gasteiger partial charge < -0.3 is 10.6 Å². The minimum Gasteiger partial charge on any atom is -0.356 e. The highest BCUT2D eigenvalue weighted by atomic mass is 15.2. The molecule has 6 heteroatoms. The van der Waals surface area contributed by atoms with Crippen LogP contribution in [0.15, 0.2) is 59.7 Å². The van der Waals surface area contributed by atoms with Gasteiger partial charge in [-0.05, 0) is 37.0 Å². The van der Waals surface area contributed by atoms with Crippen molar-refractivity contribution in [3.63, 3.8) is 0 Å². The molecule has 6 nitrogen and oxygen atoms in total. The highest BCUT2D eigenvalue weighted by Crippen LogP contribution is 2.47. The normalized spacial score (nSPS) is 15.7. The van der Waals surface area contributed by atoms with Crippen molar-refractivity contribution in [2.24, 2.45) is 4.99 Å². The van der Waals surface area contributed by atoms with E-state index in [1.807, 2.05) is 35.8 Å². The van der Waals surface area contributed by atoms with Crippen LogP contribution in [0.25, 0.3) is 5.65 Å². The third kappa shape index (κ3) is 3.94. The number of guanidine groups is 1. The van der Waals surface area contributed by atoms with E-state index >= 15 is 0 Å². The first-order valence-corrected chi connectivity index (χ1v) is 9.59. The predicted octanol–water partition coefficient (Wildman–Crippen LogP) is 2.56. The number of fused-ring (bicyclic) bond motifs is 1. The maximum absolute atomic E-state index is 4.36. The molecule has 4 rings (SSSR count). The summed E-state index contributed by atoms with van der Waals surface area (Å²) in [5, 5.41) is 15.4. The molecule has 1 fully saturated rings. The number of rotatable bonds is 7. The van der Waals surface area contributed by atoms with Crippen molar-refractivity contribution in [2.75, 3.05) is 20.1 Å². The van der Waals surface area contributed by atoms with E-state index in [9.17, 15) is 0 Å². The largest absolute Gasteiger partial charge is 0.356 e. The van der Waals surface area contributed by atoms with Gasteiger partial charge in [0, 0.05) is 38.2 Å². The molecule has 2 N–H and O–H groups in total. The first-order valence-electron chi connectivity index (χ1n) is 9.59. The summed E-state index contributed by atoms with van der Waals surface area (Å²) in [6.45, 7) is 1.77. The van der Waals surface area contributed by atoms with Gasteiger partial charge >= 0.3 is 0 Å². The Hall–Kier alpha value is -2.89. The van der Waals surface area contributed by atoms with Crippen molar-refractivity contribution in [1.82, 2.24) is 25.2 Å². The van der Waals surface area contributed by atoms with E-state index < -0.39 is 0 Å². The number of hydrogen-bond donors (Lipinski definition) is 2. The Kier molecular flexibility index (Phi) is 5.05. The van der Waals surface area contributed by atoms with E-state index in [1.54, 1.807) is 0 Å². The molecule has 0 spiro atoms. The van der Waals surface area contributed by atoms with Crippen LogP contribution in [0.1, 0.15) is 30.7 Å². The van der Waals surface area contributed by atoms with Crippen molar-refractivity contribution < 1.29 is 0 Å². The van der Waals surface area contributed by atoms with Crippen LogP contribution >= 0.6 is 0 Å². The van der Waals surface area contributed by atoms with Crippen molar-refractivity contribution in [1.29, 1.82) is 0 Å². The second-order valence-electron chi connectivity index (χ2n) is 7.15. The van der Waals surface area contributed by atoms with Gasteiger partial charge in [0.15, 0.2) is 11.6 Å². The van der Waals surface area contributed by atoms with E-state index in [-0.39, 0.29) is 5.41 Å². The number of benzene rings is 1. The number of pyridine rings is 1. The lowest BCUT2D eigenvalue weighted by Gasteiger charge is -2.19. The van der Waals surface area contributed by atoms with Crippen LogP contribution in [0.5, 0.6) is 0 Å². The summed E-state index contributed by atoms with van der Waals surface area (Å²) in [6.07, 6.45) is 6.34. The van der Waals surface area contributed by atoms with Crippen molar-refractivity contribution in [3.05, 3.63) is 66.1 Å². The molecule has 0 bridgehead atoms. The van der Waals surface area contributed by atoms with Crippen molar-refractivity contribution in [2.45, 2.75) is 31.1 Å². The lowest BCUT2D eigenvalue weighted by molar-refractivity contribution is 0.640. The van der Waals surface area contributed by atoms with Gasteiger partial charge in [0.1, 0.15) is 5.82 Å². The van der Waals surface area contributed by atoms with Gasteiger partial charge in [-0.2, -0.15) is 0 Å². The second-order valence-corrected chi connectivity index (χ2v) is 7.15. The van der Waals surface area contributed by atoms with Crippen molar-refractivity contribution in [3.8, 4) is 0 Å². The molecule has 0 atom stereocenters. The molecule has 0 radical (unpaired) electrons. The lowest BCUT2D eigenvalue weighted by Crippen LogP contribution is -2.41. The first kappa shape index (κ1) is 17.5. The molecule has 140 valence electrons. The van der Waals surface area contributed by atoms with Crippen LogP contribution < -0.4 is 10.6 Å². The molecule has 3 aromatic rings. The summed E-state index contributed by atoms with van der Waals surface area (Å²) in [5.41, 5.74) is 2.60. The van der Waals surface area contributed by atoms with Gasteiger partial charge in [0.25, 0.3) is 0 Å². The molecular formula is C21H26N6. The Morgan fingerprint density at radius 2 is 1.89 bits per heavy atom. The predicted molar refractivity (Wildman–Crippen MR) is 108 cm³/mol. The Bertz CT molecular complexity index is 911. The summed E-state index contributed by atoms with van der Waals surface area (Å²) < 4.78 is 2.05. The van der Waals surface area contributed by atoms with E-state index in [0.29, 0.717) is 0 Å². The summed E-state index contributed by atoms with van der Waals surface area (Å²) in [4.78, 5) is 4.36. The molecule has 2 heterocycles. The van der Waals surface area contributed by atoms with Crippen LogP contribution in [0, 0.1) is 0 Å². The molecule has 2 aromatic heterocycles. The monoisotopic (exact) mass is 362 g/mol. The second kappa shape index (κ2) is 7.78. The fourth-order valence-corrected chi connectivity index (χ4v) is 3.50. The first-order chi connectivity index (χ1) is 13.3. The molecule has 0 unspecified atom stereocenters. The van der Waals surface area contributed by atoms with Gasteiger partial charge in [-0.1, -0.05) is 36.4 Å². The van der Waals surface area contributed by atoms with E-state index in [1.165, 1.54) is 18.4 Å². The molecule has 27 heavy (non-hydrogen) atoms. The number of hydrogen-bond acceptors (Lipinski definition) is 3. The standard InChI is InChI=1S/C21H26N6/c1-22-20(24-16-21(12-13-21)17-8-3-2-4-9-17)23-14-7-11-19-26-25-18-10-5-6-15-27(18)19/h2-6,8-10,15H,7,11-14,16H2,1H3,(H2,22,23,24). The summed E-state index contributed by atoms with van der Waals surface area (Å²) in [7, 11) is 1.82. The van der Waals surface area contributed by atoms with Crippen LogP contribution in [0.4, 0.5) is 0 Å². The number of nitrogens with one attached hydrogen (secondary N) is 2. The molecule has 1 aromatic carbocycles. The Balaban J connectivity index is 1.24. The number of aromatic nitrogens is 3. The molecule has 0 aliphatic heterocycles. The SMILES string of the molecule is CN=C(NCCCc1nnc2ccccn12)NCC1(c2ccccc2)CC1. The molecule has 0 saturated heterocycles. The van der Waals surface area contributed by atoms with Gasteiger partial charge in [-0.15, -0.1) is 10.2 Å². The zero-order chi connectivity index (χ0) is 18.5. The number of aryl methyl sites for hydroxylation is 1. The number of nitrogens with zero attached hydrogens (tertiary/aromatic N) is 4. The Morgan fingerprint density at radius 1 is 1.07 bits per heavy atom. The fraction of sp³-hybridized carbons (Fsp3) is 0.381. The van der Waals surface area contributed by atoms with Gasteiger partial charge in [0.05, 0.1) is 0 Å². The smallest absolute Gasteiger partial charge is 0.191 e. The highest BCUT2D eigenvalue weighted by molar-refractivity contribution is 5.79. The van der Waals surface area contributed by atoms with E-state index in [4.69, 9.17) is 0 Å². The topological polar surface area (TPSA) is 66.6 Å². The summed E-state index contributed by atoms with van der Waals surface area (Å²) >= 11 is 0. The van der Waals surface area contributed by atoms with Crippen molar-refractivity contribution >= 4 is 11.6 Å². The lowest BCUT2D eigenvalue weighted by atomic mass is 9.96. The van der Waals surface area contributed by atoms with E-state index in [0.717, 1.165) is 43.4 Å². The third-order valence-electron chi connectivity index (χ3n) is 5.31. The van der Waals surface area contributed by atoms with Crippen LogP contribution in [0.3, 0.4) is 0 Å². The quantitative estimate of drug-likeness (QED) is 0.385. The molecule has 1 saturated carbocycles. The molecule has 0 amide bonds. The van der Waals surface area contributed by atoms with Gasteiger partial charge in [-0.25, -0.2) is 0 Å². The summed E-state index contributed by atoms with van der Waals surface area (Å²) in [6, 6.07) is 16.7. The third-order valence-corrected chi connectivity index (χ3v) is 5.31. The van der Waals surface area contributed by atoms with Gasteiger partial charge in [-0.3, -0.25) is 9.39 Å². The van der Waals surface area contributed by atoms with Gasteiger partial charge in [0.2, 0.25) is 0 Å². The maximum Gasteiger partial charge on any atom is 0.191 e.